The van der Waals surface area contributed by atoms with Crippen LogP contribution in [-0.4, -0.2) is 35.0 Å². The lowest BCUT2D eigenvalue weighted by Gasteiger charge is -2.20. The maximum Gasteiger partial charge on any atom is 0.326 e. The van der Waals surface area contributed by atoms with E-state index in [4.69, 9.17) is 5.11 Å². The van der Waals surface area contributed by atoms with Gasteiger partial charge in [-0.25, -0.2) is 9.18 Å². The van der Waals surface area contributed by atoms with Crippen molar-refractivity contribution in [3.63, 3.8) is 0 Å². The van der Waals surface area contributed by atoms with Crippen molar-refractivity contribution in [2.75, 3.05) is 0 Å². The average molecular weight is 310 g/mol. The second-order valence-electron chi connectivity index (χ2n) is 4.89. The topological polar surface area (TPSA) is 95.5 Å². The smallest absolute Gasteiger partial charge is 0.326 e. The van der Waals surface area contributed by atoms with Crippen LogP contribution in [0.4, 0.5) is 4.39 Å². The fourth-order valence-electron chi connectivity index (χ4n) is 1.97. The first kappa shape index (κ1) is 17.6. The van der Waals surface area contributed by atoms with Crippen molar-refractivity contribution >= 4 is 17.8 Å². The van der Waals surface area contributed by atoms with E-state index in [1.54, 1.807) is 13.0 Å². The van der Waals surface area contributed by atoms with E-state index in [1.165, 1.54) is 25.1 Å². The van der Waals surface area contributed by atoms with Crippen LogP contribution in [-0.2, 0) is 20.8 Å². The van der Waals surface area contributed by atoms with Crippen molar-refractivity contribution in [1.82, 2.24) is 10.6 Å². The molecule has 0 aliphatic carbocycles. The minimum absolute atomic E-state index is 0.0687. The zero-order valence-corrected chi connectivity index (χ0v) is 12.4. The second kappa shape index (κ2) is 8.11. The lowest BCUT2D eigenvalue weighted by Crippen LogP contribution is -2.52. The molecule has 0 saturated heterocycles. The van der Waals surface area contributed by atoms with Gasteiger partial charge in [0.05, 0.1) is 0 Å². The minimum Gasteiger partial charge on any atom is -0.480 e. The molecule has 0 radical (unpaired) electrons. The summed E-state index contributed by atoms with van der Waals surface area (Å²) in [7, 11) is 0. The normalized spacial score (nSPS) is 13.0. The zero-order valence-electron chi connectivity index (χ0n) is 12.4. The van der Waals surface area contributed by atoms with Crippen molar-refractivity contribution in [2.45, 2.75) is 38.8 Å². The average Bonchev–Trinajstić information content (AvgIpc) is 2.43. The predicted molar refractivity (Wildman–Crippen MR) is 77.6 cm³/mol. The molecule has 7 heteroatoms. The number of hydrogen-bond acceptors (Lipinski definition) is 3. The minimum atomic E-state index is -1.15. The van der Waals surface area contributed by atoms with Crippen molar-refractivity contribution in [1.29, 1.82) is 0 Å². The SMILES string of the molecule is CC[C@@H](NC(=O)[C@@H](Cc1cccc(F)c1)NC(C)=O)C(=O)O. The Morgan fingerprint density at radius 2 is 1.91 bits per heavy atom. The van der Waals surface area contributed by atoms with Gasteiger partial charge in [-0.05, 0) is 24.1 Å². The van der Waals surface area contributed by atoms with Crippen LogP contribution in [0.25, 0.3) is 0 Å². The molecule has 0 unspecified atom stereocenters. The van der Waals surface area contributed by atoms with E-state index in [1.807, 2.05) is 0 Å². The van der Waals surface area contributed by atoms with E-state index in [0.717, 1.165) is 0 Å². The Morgan fingerprint density at radius 3 is 2.41 bits per heavy atom. The van der Waals surface area contributed by atoms with Crippen LogP contribution in [0.1, 0.15) is 25.8 Å². The molecule has 0 aromatic heterocycles. The summed E-state index contributed by atoms with van der Waals surface area (Å²) < 4.78 is 13.2. The Balaban J connectivity index is 2.85. The molecule has 0 aliphatic heterocycles. The molecule has 3 N–H and O–H groups in total. The van der Waals surface area contributed by atoms with Gasteiger partial charge in [-0.15, -0.1) is 0 Å². The molecule has 0 fully saturated rings. The number of carbonyl (C=O) groups excluding carboxylic acids is 2. The van der Waals surface area contributed by atoms with Gasteiger partial charge in [-0.3, -0.25) is 9.59 Å². The van der Waals surface area contributed by atoms with Gasteiger partial charge >= 0.3 is 5.97 Å². The van der Waals surface area contributed by atoms with Crippen LogP contribution in [0.15, 0.2) is 24.3 Å². The van der Waals surface area contributed by atoms with Crippen LogP contribution in [0.5, 0.6) is 0 Å². The highest BCUT2D eigenvalue weighted by atomic mass is 19.1. The Labute approximate surface area is 127 Å². The summed E-state index contributed by atoms with van der Waals surface area (Å²) in [6, 6.07) is 3.66. The molecular weight excluding hydrogens is 291 g/mol. The number of nitrogens with one attached hydrogen (secondary N) is 2. The highest BCUT2D eigenvalue weighted by Gasteiger charge is 2.25. The van der Waals surface area contributed by atoms with Gasteiger partial charge in [0.2, 0.25) is 11.8 Å². The number of amides is 2. The molecule has 22 heavy (non-hydrogen) atoms. The van der Waals surface area contributed by atoms with Gasteiger partial charge in [0.25, 0.3) is 0 Å². The first-order valence-electron chi connectivity index (χ1n) is 6.88. The van der Waals surface area contributed by atoms with E-state index < -0.39 is 35.7 Å². The number of carbonyl (C=O) groups is 3. The number of aliphatic carboxylic acids is 1. The van der Waals surface area contributed by atoms with Crippen molar-refractivity contribution in [2.24, 2.45) is 0 Å². The Hall–Kier alpha value is -2.44. The van der Waals surface area contributed by atoms with E-state index in [0.29, 0.717) is 5.56 Å². The van der Waals surface area contributed by atoms with Crippen LogP contribution in [0.3, 0.4) is 0 Å². The first-order chi connectivity index (χ1) is 10.3. The van der Waals surface area contributed by atoms with Gasteiger partial charge in [-0.2, -0.15) is 0 Å². The van der Waals surface area contributed by atoms with Gasteiger partial charge in [-0.1, -0.05) is 19.1 Å². The highest BCUT2D eigenvalue weighted by molar-refractivity contribution is 5.90. The molecule has 1 aromatic carbocycles. The standard InChI is InChI=1S/C15H19FN2O4/c1-3-12(15(21)22)18-14(20)13(17-9(2)19)8-10-5-4-6-11(16)7-10/h4-7,12-13H,3,8H2,1-2H3,(H,17,19)(H,18,20)(H,21,22)/t12-,13-/m1/s1. The van der Waals surface area contributed by atoms with Crippen molar-refractivity contribution < 1.29 is 23.9 Å². The summed E-state index contributed by atoms with van der Waals surface area (Å²) in [5, 5.41) is 13.8. The van der Waals surface area contributed by atoms with Gasteiger partial charge in [0.15, 0.2) is 0 Å². The predicted octanol–water partition coefficient (Wildman–Crippen LogP) is 0.852. The summed E-state index contributed by atoms with van der Waals surface area (Å²) in [4.78, 5) is 34.3. The highest BCUT2D eigenvalue weighted by Crippen LogP contribution is 2.07. The molecule has 120 valence electrons. The maximum atomic E-state index is 13.2. The molecule has 1 rings (SSSR count). The summed E-state index contributed by atoms with van der Waals surface area (Å²) >= 11 is 0. The molecule has 2 atom stereocenters. The fraction of sp³-hybridized carbons (Fsp3) is 0.400. The number of hydrogen-bond donors (Lipinski definition) is 3. The number of carboxylic acid groups (broad SMARTS) is 1. The number of rotatable bonds is 7. The Kier molecular flexibility index (Phi) is 6.49. The van der Waals surface area contributed by atoms with E-state index in [2.05, 4.69) is 10.6 Å². The summed E-state index contributed by atoms with van der Waals surface area (Å²) in [5.74, 6) is -2.65. The third-order valence-electron chi connectivity index (χ3n) is 3.05. The largest absolute Gasteiger partial charge is 0.480 e. The Bertz CT molecular complexity index is 562. The molecule has 0 spiro atoms. The van der Waals surface area contributed by atoms with Crippen LogP contribution in [0.2, 0.25) is 0 Å². The first-order valence-corrected chi connectivity index (χ1v) is 6.88. The second-order valence-corrected chi connectivity index (χ2v) is 4.89. The molecular formula is C15H19FN2O4. The van der Waals surface area contributed by atoms with Gasteiger partial charge in [0, 0.05) is 13.3 Å². The molecule has 2 amide bonds. The van der Waals surface area contributed by atoms with Crippen LogP contribution < -0.4 is 10.6 Å². The summed E-state index contributed by atoms with van der Waals surface area (Å²) in [5.41, 5.74) is 0.525. The number of carboxylic acids is 1. The zero-order chi connectivity index (χ0) is 16.7. The summed E-state index contributed by atoms with van der Waals surface area (Å²) in [6.45, 7) is 2.87. The van der Waals surface area contributed by atoms with E-state index >= 15 is 0 Å². The molecule has 0 heterocycles. The molecule has 6 nitrogen and oxygen atoms in total. The lowest BCUT2D eigenvalue weighted by molar-refractivity contribution is -0.142. The van der Waals surface area contributed by atoms with E-state index in [9.17, 15) is 18.8 Å². The Morgan fingerprint density at radius 1 is 1.23 bits per heavy atom. The molecule has 0 bridgehead atoms. The fourth-order valence-corrected chi connectivity index (χ4v) is 1.97. The molecule has 0 aliphatic rings. The third-order valence-corrected chi connectivity index (χ3v) is 3.05. The number of benzene rings is 1. The van der Waals surface area contributed by atoms with E-state index in [-0.39, 0.29) is 12.8 Å². The lowest BCUT2D eigenvalue weighted by atomic mass is 10.0. The van der Waals surface area contributed by atoms with Crippen LogP contribution >= 0.6 is 0 Å². The van der Waals surface area contributed by atoms with Crippen LogP contribution in [0, 0.1) is 5.82 Å². The van der Waals surface area contributed by atoms with Crippen molar-refractivity contribution in [3.8, 4) is 0 Å². The van der Waals surface area contributed by atoms with Gasteiger partial charge in [0.1, 0.15) is 17.9 Å². The monoisotopic (exact) mass is 310 g/mol. The summed E-state index contributed by atoms with van der Waals surface area (Å²) in [6.07, 6.45) is 0.285. The quantitative estimate of drug-likeness (QED) is 0.696. The van der Waals surface area contributed by atoms with Crippen molar-refractivity contribution in [3.05, 3.63) is 35.6 Å². The maximum absolute atomic E-state index is 13.2. The number of halogens is 1. The van der Waals surface area contributed by atoms with Gasteiger partial charge < -0.3 is 15.7 Å². The molecule has 0 saturated carbocycles. The third kappa shape index (κ3) is 5.51. The molecule has 1 aromatic rings.